The van der Waals surface area contributed by atoms with Gasteiger partial charge in [-0.2, -0.15) is 0 Å². The lowest BCUT2D eigenvalue weighted by molar-refractivity contribution is -0.385. The summed E-state index contributed by atoms with van der Waals surface area (Å²) >= 11 is 3.47. The molecular weight excluding hydrogens is 324 g/mol. The monoisotopic (exact) mass is 342 g/mol. The van der Waals surface area contributed by atoms with E-state index < -0.39 is 4.92 Å². The van der Waals surface area contributed by atoms with E-state index in [2.05, 4.69) is 32.7 Å². The van der Waals surface area contributed by atoms with Crippen molar-refractivity contribution in [1.29, 1.82) is 0 Å². The van der Waals surface area contributed by atoms with Gasteiger partial charge in [0.05, 0.1) is 9.40 Å². The Balaban J connectivity index is 2.46. The minimum absolute atomic E-state index is 0.0367. The summed E-state index contributed by atoms with van der Waals surface area (Å²) in [5.74, 6) is 0.760. The van der Waals surface area contributed by atoms with Gasteiger partial charge in [0.2, 0.25) is 0 Å². The van der Waals surface area contributed by atoms with E-state index in [1.54, 1.807) is 6.92 Å². The van der Waals surface area contributed by atoms with Gasteiger partial charge in [-0.05, 0) is 49.0 Å². The molecule has 0 aliphatic carbocycles. The van der Waals surface area contributed by atoms with Gasteiger partial charge < -0.3 is 10.6 Å². The number of piperidine rings is 1. The first-order valence-corrected chi connectivity index (χ1v) is 7.54. The summed E-state index contributed by atoms with van der Waals surface area (Å²) in [5, 5.41) is 11.0. The maximum atomic E-state index is 11.0. The summed E-state index contributed by atoms with van der Waals surface area (Å²) < 4.78 is 0.693. The largest absolute Gasteiger partial charge is 0.349 e. The maximum Gasteiger partial charge on any atom is 0.291 e. The number of pyridine rings is 1. The lowest BCUT2D eigenvalue weighted by Crippen LogP contribution is -2.49. The SMILES string of the molecule is Cc1c([N+](=O)[O-])cnc(N2C(C)CCCC2CN)c1Br. The van der Waals surface area contributed by atoms with Gasteiger partial charge in [0, 0.05) is 24.2 Å². The third-order valence-corrected chi connectivity index (χ3v) is 4.91. The van der Waals surface area contributed by atoms with Crippen LogP contribution in [-0.4, -0.2) is 28.5 Å². The molecule has 1 aliphatic rings. The fraction of sp³-hybridized carbons (Fsp3) is 0.615. The number of rotatable bonds is 3. The highest BCUT2D eigenvalue weighted by Crippen LogP contribution is 2.37. The highest BCUT2D eigenvalue weighted by atomic mass is 79.9. The molecule has 1 aliphatic heterocycles. The molecule has 1 aromatic rings. The van der Waals surface area contributed by atoms with Crippen LogP contribution in [0, 0.1) is 17.0 Å². The molecule has 0 saturated carbocycles. The molecule has 6 nitrogen and oxygen atoms in total. The smallest absolute Gasteiger partial charge is 0.291 e. The van der Waals surface area contributed by atoms with E-state index in [1.165, 1.54) is 6.20 Å². The molecule has 2 unspecified atom stereocenters. The third kappa shape index (κ3) is 2.64. The Labute approximate surface area is 126 Å². The van der Waals surface area contributed by atoms with E-state index in [4.69, 9.17) is 5.73 Å². The molecule has 1 fully saturated rings. The average Bonchev–Trinajstić information content (AvgIpc) is 2.41. The molecule has 7 heteroatoms. The van der Waals surface area contributed by atoms with Crippen molar-refractivity contribution >= 4 is 27.4 Å². The van der Waals surface area contributed by atoms with Crippen LogP contribution in [0.4, 0.5) is 11.5 Å². The second-order valence-electron chi connectivity index (χ2n) is 5.24. The predicted octanol–water partition coefficient (Wildman–Crippen LogP) is 2.77. The third-order valence-electron chi connectivity index (χ3n) is 3.96. The fourth-order valence-corrected chi connectivity index (χ4v) is 3.33. The van der Waals surface area contributed by atoms with Gasteiger partial charge in [0.15, 0.2) is 0 Å². The van der Waals surface area contributed by atoms with Gasteiger partial charge in [-0.15, -0.1) is 0 Å². The minimum atomic E-state index is -0.406. The lowest BCUT2D eigenvalue weighted by atomic mass is 9.96. The predicted molar refractivity (Wildman–Crippen MR) is 82.0 cm³/mol. The highest BCUT2D eigenvalue weighted by molar-refractivity contribution is 9.10. The van der Waals surface area contributed by atoms with Crippen LogP contribution in [-0.2, 0) is 0 Å². The van der Waals surface area contributed by atoms with Crippen molar-refractivity contribution in [2.24, 2.45) is 5.73 Å². The van der Waals surface area contributed by atoms with E-state index in [0.717, 1.165) is 25.1 Å². The molecular formula is C13H19BrN4O2. The molecule has 2 atom stereocenters. The number of halogens is 1. The molecule has 2 rings (SSSR count). The fourth-order valence-electron chi connectivity index (χ4n) is 2.82. The second-order valence-corrected chi connectivity index (χ2v) is 6.03. The van der Waals surface area contributed by atoms with Crippen LogP contribution in [0.15, 0.2) is 10.7 Å². The van der Waals surface area contributed by atoms with Gasteiger partial charge in [-0.1, -0.05) is 0 Å². The van der Waals surface area contributed by atoms with Crippen molar-refractivity contribution in [3.05, 3.63) is 26.3 Å². The summed E-state index contributed by atoms with van der Waals surface area (Å²) in [6, 6.07) is 0.574. The maximum absolute atomic E-state index is 11.0. The van der Waals surface area contributed by atoms with Gasteiger partial charge in [-0.3, -0.25) is 10.1 Å². The van der Waals surface area contributed by atoms with Gasteiger partial charge >= 0.3 is 0 Å². The number of hydrogen-bond donors (Lipinski definition) is 1. The van der Waals surface area contributed by atoms with E-state index in [1.807, 2.05) is 0 Å². The molecule has 2 N–H and O–H groups in total. The van der Waals surface area contributed by atoms with Gasteiger partial charge in [0.1, 0.15) is 12.0 Å². The number of aromatic nitrogens is 1. The summed E-state index contributed by atoms with van der Waals surface area (Å²) in [6.07, 6.45) is 4.61. The summed E-state index contributed by atoms with van der Waals surface area (Å²) in [5.41, 5.74) is 6.51. The standard InChI is InChI=1S/C13H19BrN4O2/c1-8-4-3-5-10(6-15)17(8)13-12(14)9(2)11(7-16-13)18(19)20/h7-8,10H,3-6,15H2,1-2H3. The van der Waals surface area contributed by atoms with Crippen molar-refractivity contribution in [3.63, 3.8) is 0 Å². The number of nitrogens with two attached hydrogens (primary N) is 1. The molecule has 0 amide bonds. The summed E-state index contributed by atoms with van der Waals surface area (Å²) in [4.78, 5) is 17.1. The van der Waals surface area contributed by atoms with E-state index >= 15 is 0 Å². The first-order chi connectivity index (χ1) is 9.47. The molecule has 2 heterocycles. The molecule has 1 saturated heterocycles. The van der Waals surface area contributed by atoms with Crippen molar-refractivity contribution < 1.29 is 4.92 Å². The Kier molecular flexibility index (Phi) is 4.59. The Morgan fingerprint density at radius 1 is 1.60 bits per heavy atom. The van der Waals surface area contributed by atoms with E-state index in [0.29, 0.717) is 22.6 Å². The van der Waals surface area contributed by atoms with Crippen molar-refractivity contribution in [3.8, 4) is 0 Å². The Morgan fingerprint density at radius 2 is 2.30 bits per heavy atom. The molecule has 0 aromatic carbocycles. The Morgan fingerprint density at radius 3 is 2.90 bits per heavy atom. The average molecular weight is 343 g/mol. The molecule has 1 aromatic heterocycles. The van der Waals surface area contributed by atoms with Crippen LogP contribution >= 0.6 is 15.9 Å². The molecule has 20 heavy (non-hydrogen) atoms. The van der Waals surface area contributed by atoms with Gasteiger partial charge in [-0.25, -0.2) is 4.98 Å². The normalized spacial score (nSPS) is 22.9. The van der Waals surface area contributed by atoms with Crippen LogP contribution in [0.3, 0.4) is 0 Å². The summed E-state index contributed by atoms with van der Waals surface area (Å²) in [7, 11) is 0. The first kappa shape index (κ1) is 15.2. The minimum Gasteiger partial charge on any atom is -0.349 e. The zero-order valence-electron chi connectivity index (χ0n) is 11.7. The first-order valence-electron chi connectivity index (χ1n) is 6.75. The van der Waals surface area contributed by atoms with Gasteiger partial charge in [0.25, 0.3) is 5.69 Å². The van der Waals surface area contributed by atoms with E-state index in [-0.39, 0.29) is 11.7 Å². The quantitative estimate of drug-likeness (QED) is 0.674. The van der Waals surface area contributed by atoms with Crippen molar-refractivity contribution in [1.82, 2.24) is 4.98 Å². The number of anilines is 1. The number of nitro groups is 1. The molecule has 0 bridgehead atoms. The molecule has 0 radical (unpaired) electrons. The van der Waals surface area contributed by atoms with E-state index in [9.17, 15) is 10.1 Å². The highest BCUT2D eigenvalue weighted by Gasteiger charge is 2.31. The second kappa shape index (κ2) is 6.05. The van der Waals surface area contributed by atoms with Crippen LogP contribution in [0.5, 0.6) is 0 Å². The Hall–Kier alpha value is -1.21. The number of hydrogen-bond acceptors (Lipinski definition) is 5. The van der Waals surface area contributed by atoms with Crippen LogP contribution < -0.4 is 10.6 Å². The van der Waals surface area contributed by atoms with Crippen LogP contribution in [0.25, 0.3) is 0 Å². The molecule has 110 valence electrons. The number of nitrogens with zero attached hydrogens (tertiary/aromatic N) is 3. The molecule has 0 spiro atoms. The Bertz CT molecular complexity index is 523. The van der Waals surface area contributed by atoms with Crippen molar-refractivity contribution in [2.75, 3.05) is 11.4 Å². The summed E-state index contributed by atoms with van der Waals surface area (Å²) in [6.45, 7) is 4.45. The lowest BCUT2D eigenvalue weighted by Gasteiger charge is -2.41. The topological polar surface area (TPSA) is 85.3 Å². The zero-order chi connectivity index (χ0) is 14.9. The van der Waals surface area contributed by atoms with Crippen molar-refractivity contribution in [2.45, 2.75) is 45.2 Å². The zero-order valence-corrected chi connectivity index (χ0v) is 13.3. The van der Waals surface area contributed by atoms with Crippen LogP contribution in [0.2, 0.25) is 0 Å². The van der Waals surface area contributed by atoms with Crippen LogP contribution in [0.1, 0.15) is 31.7 Å².